The normalized spacial score (nSPS) is 12.8. The van der Waals surface area contributed by atoms with E-state index in [1.165, 1.54) is 49.4 Å². The second-order valence-corrected chi connectivity index (χ2v) is 10.1. The number of aromatic nitrogens is 2. The van der Waals surface area contributed by atoms with Crippen molar-refractivity contribution in [2.75, 3.05) is 0 Å². The third kappa shape index (κ3) is 3.24. The summed E-state index contributed by atoms with van der Waals surface area (Å²) >= 11 is 0. The van der Waals surface area contributed by atoms with Gasteiger partial charge in [-0.2, -0.15) is 5.10 Å². The summed E-state index contributed by atoms with van der Waals surface area (Å²) in [7, 11) is 0. The third-order valence-electron chi connectivity index (χ3n) is 7.80. The SMILES string of the molecule is C1=C(c2nn3c(-c4ccc5ccccc5c4)cc4ccccc4c3c2-c2ccccc2)Cc2ccccc21. The molecule has 0 atom stereocenters. The van der Waals surface area contributed by atoms with Crippen LogP contribution in [-0.2, 0) is 6.42 Å². The molecule has 0 fully saturated rings. The predicted molar refractivity (Wildman–Crippen MR) is 159 cm³/mol. The van der Waals surface area contributed by atoms with Gasteiger partial charge in [-0.25, -0.2) is 4.52 Å². The minimum Gasteiger partial charge on any atom is -0.231 e. The van der Waals surface area contributed by atoms with Crippen LogP contribution in [0.15, 0.2) is 127 Å². The maximum atomic E-state index is 5.41. The van der Waals surface area contributed by atoms with Crippen LogP contribution in [0.25, 0.3) is 61.1 Å². The third-order valence-corrected chi connectivity index (χ3v) is 7.80. The Morgan fingerprint density at radius 2 is 1.32 bits per heavy atom. The molecule has 1 aliphatic rings. The van der Waals surface area contributed by atoms with E-state index in [2.05, 4.69) is 138 Å². The van der Waals surface area contributed by atoms with Gasteiger partial charge in [0.2, 0.25) is 0 Å². The molecule has 38 heavy (non-hydrogen) atoms. The molecular weight excluding hydrogens is 460 g/mol. The summed E-state index contributed by atoms with van der Waals surface area (Å²) in [5.74, 6) is 0. The molecule has 0 N–H and O–H groups in total. The number of hydrogen-bond donors (Lipinski definition) is 0. The molecule has 0 spiro atoms. The van der Waals surface area contributed by atoms with Crippen LogP contribution >= 0.6 is 0 Å². The maximum absolute atomic E-state index is 5.41. The fraction of sp³-hybridized carbons (Fsp3) is 0.0278. The summed E-state index contributed by atoms with van der Waals surface area (Å²) in [5, 5.41) is 10.3. The van der Waals surface area contributed by atoms with Crippen LogP contribution in [-0.4, -0.2) is 9.61 Å². The van der Waals surface area contributed by atoms with Crippen molar-refractivity contribution in [2.24, 2.45) is 0 Å². The lowest BCUT2D eigenvalue weighted by Crippen LogP contribution is -1.96. The largest absolute Gasteiger partial charge is 0.231 e. The molecule has 1 aliphatic carbocycles. The number of allylic oxidation sites excluding steroid dienone is 1. The highest BCUT2D eigenvalue weighted by atomic mass is 15.2. The molecule has 5 aromatic carbocycles. The molecule has 178 valence electrons. The highest BCUT2D eigenvalue weighted by Gasteiger charge is 2.25. The molecule has 8 rings (SSSR count). The standard InChI is InChI=1S/C36H24N2/c1-2-11-25(12-3-1)34-35(31-21-27-14-6-7-15-28(27)22-31)37-38-33(23-29-16-8-9-17-32(29)36(34)38)30-19-18-24-10-4-5-13-26(24)20-30/h1-21,23H,22H2. The van der Waals surface area contributed by atoms with Crippen molar-refractivity contribution in [3.63, 3.8) is 0 Å². The predicted octanol–water partition coefficient (Wildman–Crippen LogP) is 9.07. The van der Waals surface area contributed by atoms with Crippen molar-refractivity contribution in [1.29, 1.82) is 0 Å². The molecule has 0 saturated heterocycles. The number of rotatable bonds is 3. The van der Waals surface area contributed by atoms with Crippen LogP contribution in [0.5, 0.6) is 0 Å². The summed E-state index contributed by atoms with van der Waals surface area (Å²) in [5.41, 5.74) is 10.8. The van der Waals surface area contributed by atoms with Gasteiger partial charge in [0.1, 0.15) is 0 Å². The van der Waals surface area contributed by atoms with E-state index in [9.17, 15) is 0 Å². The molecule has 0 radical (unpaired) electrons. The van der Waals surface area contributed by atoms with Gasteiger partial charge < -0.3 is 0 Å². The second kappa shape index (κ2) is 8.29. The first-order valence-electron chi connectivity index (χ1n) is 13.1. The zero-order valence-electron chi connectivity index (χ0n) is 20.8. The van der Waals surface area contributed by atoms with Crippen molar-refractivity contribution in [3.05, 3.63) is 144 Å². The highest BCUT2D eigenvalue weighted by molar-refractivity contribution is 6.09. The topological polar surface area (TPSA) is 17.3 Å². The van der Waals surface area contributed by atoms with E-state index in [0.717, 1.165) is 28.9 Å². The lowest BCUT2D eigenvalue weighted by molar-refractivity contribution is 0.961. The van der Waals surface area contributed by atoms with E-state index in [4.69, 9.17) is 5.10 Å². The Kier molecular flexibility index (Phi) is 4.62. The van der Waals surface area contributed by atoms with Gasteiger partial charge in [0.25, 0.3) is 0 Å². The van der Waals surface area contributed by atoms with Gasteiger partial charge >= 0.3 is 0 Å². The van der Waals surface area contributed by atoms with Crippen molar-refractivity contribution in [3.8, 4) is 22.4 Å². The molecule has 0 amide bonds. The Labute approximate surface area is 221 Å². The van der Waals surface area contributed by atoms with Gasteiger partial charge in [-0.3, -0.25) is 0 Å². The summed E-state index contributed by atoms with van der Waals surface area (Å²) in [6, 6.07) is 45.7. The van der Waals surface area contributed by atoms with Crippen LogP contribution in [0, 0.1) is 0 Å². The molecule has 0 bridgehead atoms. The van der Waals surface area contributed by atoms with E-state index in [1.807, 2.05) is 0 Å². The summed E-state index contributed by atoms with van der Waals surface area (Å²) in [6.07, 6.45) is 3.21. The lowest BCUT2D eigenvalue weighted by Gasteiger charge is -2.11. The molecule has 7 aromatic rings. The van der Waals surface area contributed by atoms with Crippen LogP contribution in [0.4, 0.5) is 0 Å². The van der Waals surface area contributed by atoms with Gasteiger partial charge in [-0.05, 0) is 56.6 Å². The smallest absolute Gasteiger partial charge is 0.0976 e. The monoisotopic (exact) mass is 484 g/mol. The van der Waals surface area contributed by atoms with Crippen LogP contribution in [0.1, 0.15) is 16.8 Å². The average molecular weight is 485 g/mol. The second-order valence-electron chi connectivity index (χ2n) is 10.1. The quantitative estimate of drug-likeness (QED) is 0.244. The summed E-state index contributed by atoms with van der Waals surface area (Å²) in [4.78, 5) is 0. The Balaban J connectivity index is 1.48. The van der Waals surface area contributed by atoms with Crippen molar-refractivity contribution in [2.45, 2.75) is 6.42 Å². The van der Waals surface area contributed by atoms with E-state index in [0.29, 0.717) is 0 Å². The first kappa shape index (κ1) is 21.2. The zero-order chi connectivity index (χ0) is 25.1. The van der Waals surface area contributed by atoms with E-state index < -0.39 is 0 Å². The Morgan fingerprint density at radius 3 is 2.18 bits per heavy atom. The lowest BCUT2D eigenvalue weighted by atomic mass is 9.96. The first-order chi connectivity index (χ1) is 18.8. The molecule has 2 aromatic heterocycles. The summed E-state index contributed by atoms with van der Waals surface area (Å²) < 4.78 is 2.19. The number of benzene rings is 5. The minimum absolute atomic E-state index is 0.892. The highest BCUT2D eigenvalue weighted by Crippen LogP contribution is 2.42. The molecule has 0 unspecified atom stereocenters. The van der Waals surface area contributed by atoms with Crippen molar-refractivity contribution < 1.29 is 0 Å². The van der Waals surface area contributed by atoms with Gasteiger partial charge in [0, 0.05) is 22.9 Å². The van der Waals surface area contributed by atoms with Crippen molar-refractivity contribution in [1.82, 2.24) is 9.61 Å². The van der Waals surface area contributed by atoms with Crippen molar-refractivity contribution >= 4 is 38.7 Å². The summed E-state index contributed by atoms with van der Waals surface area (Å²) in [6.45, 7) is 0. The molecule has 2 nitrogen and oxygen atoms in total. The van der Waals surface area contributed by atoms with Gasteiger partial charge in [-0.15, -0.1) is 0 Å². The Hall–Kier alpha value is -4.95. The van der Waals surface area contributed by atoms with Crippen LogP contribution in [0.2, 0.25) is 0 Å². The number of fused-ring (bicyclic) bond motifs is 5. The van der Waals surface area contributed by atoms with Crippen LogP contribution < -0.4 is 0 Å². The molecule has 0 saturated carbocycles. The zero-order valence-corrected chi connectivity index (χ0v) is 20.8. The van der Waals surface area contributed by atoms with E-state index in [-0.39, 0.29) is 0 Å². The maximum Gasteiger partial charge on any atom is 0.0976 e. The fourth-order valence-corrected chi connectivity index (χ4v) is 5.98. The van der Waals surface area contributed by atoms with E-state index in [1.54, 1.807) is 0 Å². The Bertz CT molecular complexity index is 2040. The van der Waals surface area contributed by atoms with Crippen LogP contribution in [0.3, 0.4) is 0 Å². The van der Waals surface area contributed by atoms with Gasteiger partial charge in [0.05, 0.1) is 16.9 Å². The van der Waals surface area contributed by atoms with Gasteiger partial charge in [-0.1, -0.05) is 115 Å². The molecular formula is C36H24N2. The number of hydrogen-bond acceptors (Lipinski definition) is 1. The molecule has 0 aliphatic heterocycles. The molecule has 2 heteroatoms. The average Bonchev–Trinajstić information content (AvgIpc) is 3.59. The minimum atomic E-state index is 0.892. The first-order valence-corrected chi connectivity index (χ1v) is 13.1. The fourth-order valence-electron chi connectivity index (χ4n) is 5.98. The van der Waals surface area contributed by atoms with Gasteiger partial charge in [0.15, 0.2) is 0 Å². The Morgan fingerprint density at radius 1 is 0.579 bits per heavy atom. The number of pyridine rings is 1. The van der Waals surface area contributed by atoms with E-state index >= 15 is 0 Å². The molecule has 2 heterocycles. The number of nitrogens with zero attached hydrogens (tertiary/aromatic N) is 2.